The maximum atomic E-state index is 12.5. The molecule has 1 amide bonds. The van der Waals surface area contributed by atoms with Gasteiger partial charge >= 0.3 is 6.18 Å². The molecule has 7 heteroatoms. The van der Waals surface area contributed by atoms with E-state index >= 15 is 0 Å². The van der Waals surface area contributed by atoms with E-state index in [9.17, 15) is 18.0 Å². The average Bonchev–Trinajstić information content (AvgIpc) is 2.33. The number of rotatable bonds is 2. The predicted octanol–water partition coefficient (Wildman–Crippen LogP) is 2.13. The number of anilines is 1. The number of hydrogen-bond donors (Lipinski definition) is 1. The molecule has 1 aliphatic rings. The SMILES string of the molecule is CN1CC(Nc2cccc(C(F)(F)F)n2)CCC1=O. The molecule has 0 radical (unpaired) electrons. The topological polar surface area (TPSA) is 45.2 Å². The number of carbonyl (C=O) groups is 1. The molecule has 19 heavy (non-hydrogen) atoms. The number of aromatic nitrogens is 1. The van der Waals surface area contributed by atoms with E-state index in [1.165, 1.54) is 12.1 Å². The first-order chi connectivity index (χ1) is 8.86. The molecule has 1 N–H and O–H groups in total. The molecule has 1 aromatic heterocycles. The van der Waals surface area contributed by atoms with Crippen LogP contribution >= 0.6 is 0 Å². The molecule has 0 saturated carbocycles. The highest BCUT2D eigenvalue weighted by atomic mass is 19.4. The number of halogens is 3. The fourth-order valence-corrected chi connectivity index (χ4v) is 2.01. The second-order valence-corrected chi connectivity index (χ2v) is 4.56. The molecule has 4 nitrogen and oxygen atoms in total. The lowest BCUT2D eigenvalue weighted by molar-refractivity contribution is -0.141. The highest BCUT2D eigenvalue weighted by molar-refractivity contribution is 5.77. The number of amides is 1. The van der Waals surface area contributed by atoms with E-state index in [4.69, 9.17) is 0 Å². The van der Waals surface area contributed by atoms with E-state index in [0.29, 0.717) is 19.4 Å². The number of piperidine rings is 1. The number of nitrogens with zero attached hydrogens (tertiary/aromatic N) is 2. The fourth-order valence-electron chi connectivity index (χ4n) is 2.01. The number of hydrogen-bond acceptors (Lipinski definition) is 3. The Morgan fingerprint density at radius 3 is 2.79 bits per heavy atom. The summed E-state index contributed by atoms with van der Waals surface area (Å²) in [5.41, 5.74) is -0.919. The van der Waals surface area contributed by atoms with Gasteiger partial charge in [-0.25, -0.2) is 4.98 Å². The van der Waals surface area contributed by atoms with Crippen molar-refractivity contribution in [1.29, 1.82) is 0 Å². The Morgan fingerprint density at radius 2 is 2.16 bits per heavy atom. The molecule has 2 heterocycles. The lowest BCUT2D eigenvalue weighted by Crippen LogP contribution is -2.43. The van der Waals surface area contributed by atoms with E-state index in [-0.39, 0.29) is 17.8 Å². The van der Waals surface area contributed by atoms with Gasteiger partial charge in [0.15, 0.2) is 0 Å². The molecule has 2 rings (SSSR count). The zero-order valence-corrected chi connectivity index (χ0v) is 10.4. The van der Waals surface area contributed by atoms with Gasteiger partial charge in [-0.1, -0.05) is 6.07 Å². The zero-order chi connectivity index (χ0) is 14.0. The Morgan fingerprint density at radius 1 is 1.42 bits per heavy atom. The summed E-state index contributed by atoms with van der Waals surface area (Å²) in [5, 5.41) is 2.94. The van der Waals surface area contributed by atoms with Crippen molar-refractivity contribution in [2.45, 2.75) is 25.1 Å². The van der Waals surface area contributed by atoms with Gasteiger partial charge in [0.2, 0.25) is 5.91 Å². The third-order valence-corrected chi connectivity index (χ3v) is 3.02. The monoisotopic (exact) mass is 273 g/mol. The Kier molecular flexibility index (Phi) is 3.64. The van der Waals surface area contributed by atoms with Crippen LogP contribution in [0.15, 0.2) is 18.2 Å². The lowest BCUT2D eigenvalue weighted by Gasteiger charge is -2.30. The summed E-state index contributed by atoms with van der Waals surface area (Å²) < 4.78 is 37.5. The minimum atomic E-state index is -4.45. The van der Waals surface area contributed by atoms with Gasteiger partial charge in [-0.15, -0.1) is 0 Å². The van der Waals surface area contributed by atoms with Gasteiger partial charge in [0.05, 0.1) is 0 Å². The van der Waals surface area contributed by atoms with Gasteiger partial charge < -0.3 is 10.2 Å². The van der Waals surface area contributed by atoms with Crippen LogP contribution in [-0.2, 0) is 11.0 Å². The van der Waals surface area contributed by atoms with Crippen molar-refractivity contribution in [3.05, 3.63) is 23.9 Å². The molecule has 1 aliphatic heterocycles. The van der Waals surface area contributed by atoms with Crippen LogP contribution < -0.4 is 5.32 Å². The van der Waals surface area contributed by atoms with Gasteiger partial charge in [0.25, 0.3) is 0 Å². The first kappa shape index (κ1) is 13.6. The van der Waals surface area contributed by atoms with Crippen LogP contribution in [-0.4, -0.2) is 35.4 Å². The van der Waals surface area contributed by atoms with Gasteiger partial charge in [-0.2, -0.15) is 13.2 Å². The summed E-state index contributed by atoms with van der Waals surface area (Å²) in [4.78, 5) is 16.4. The molecular formula is C12H14F3N3O. The molecular weight excluding hydrogens is 259 g/mol. The second kappa shape index (κ2) is 5.07. The minimum Gasteiger partial charge on any atom is -0.366 e. The molecule has 1 saturated heterocycles. The summed E-state index contributed by atoms with van der Waals surface area (Å²) in [6, 6.07) is 3.67. The fraction of sp³-hybridized carbons (Fsp3) is 0.500. The van der Waals surface area contributed by atoms with E-state index in [0.717, 1.165) is 6.07 Å². The Hall–Kier alpha value is -1.79. The second-order valence-electron chi connectivity index (χ2n) is 4.56. The van der Waals surface area contributed by atoms with E-state index in [1.54, 1.807) is 11.9 Å². The van der Waals surface area contributed by atoms with E-state index in [1.807, 2.05) is 0 Å². The van der Waals surface area contributed by atoms with Gasteiger partial charge in [0, 0.05) is 26.1 Å². The standard InChI is InChI=1S/C12H14F3N3O/c1-18-7-8(5-6-11(18)19)16-10-4-2-3-9(17-10)12(13,14)15/h2-4,8H,5-7H2,1H3,(H,16,17). The number of likely N-dealkylation sites (N-methyl/N-ethyl adjacent to an activating group) is 1. The summed E-state index contributed by atoms with van der Waals surface area (Å²) in [6.07, 6.45) is -3.45. The van der Waals surface area contributed by atoms with Crippen molar-refractivity contribution in [2.24, 2.45) is 0 Å². The third kappa shape index (κ3) is 3.36. The Bertz CT molecular complexity index is 476. The van der Waals surface area contributed by atoms with Crippen LogP contribution in [0, 0.1) is 0 Å². The van der Waals surface area contributed by atoms with Crippen LogP contribution in [0.2, 0.25) is 0 Å². The van der Waals surface area contributed by atoms with Crippen LogP contribution in [0.3, 0.4) is 0 Å². The van der Waals surface area contributed by atoms with Gasteiger partial charge in [-0.3, -0.25) is 4.79 Å². The van der Waals surface area contributed by atoms with Crippen LogP contribution in [0.25, 0.3) is 0 Å². The molecule has 0 aromatic carbocycles. The first-order valence-corrected chi connectivity index (χ1v) is 5.91. The largest absolute Gasteiger partial charge is 0.433 e. The number of alkyl halides is 3. The number of pyridine rings is 1. The lowest BCUT2D eigenvalue weighted by atomic mass is 10.1. The molecule has 0 spiro atoms. The normalized spacial score (nSPS) is 20.5. The minimum absolute atomic E-state index is 0.0510. The third-order valence-electron chi connectivity index (χ3n) is 3.02. The van der Waals surface area contributed by atoms with Crippen LogP contribution in [0.5, 0.6) is 0 Å². The predicted molar refractivity (Wildman–Crippen MR) is 63.5 cm³/mol. The zero-order valence-electron chi connectivity index (χ0n) is 10.4. The van der Waals surface area contributed by atoms with E-state index < -0.39 is 11.9 Å². The van der Waals surface area contributed by atoms with E-state index in [2.05, 4.69) is 10.3 Å². The number of likely N-dealkylation sites (tertiary alicyclic amines) is 1. The van der Waals surface area contributed by atoms with Crippen molar-refractivity contribution in [1.82, 2.24) is 9.88 Å². The molecule has 104 valence electrons. The van der Waals surface area contributed by atoms with Crippen molar-refractivity contribution < 1.29 is 18.0 Å². The Balaban J connectivity index is 2.05. The summed E-state index contributed by atoms with van der Waals surface area (Å²) in [5.74, 6) is 0.234. The number of carbonyl (C=O) groups excluding carboxylic acids is 1. The van der Waals surface area contributed by atoms with Crippen molar-refractivity contribution in [2.75, 3.05) is 18.9 Å². The molecule has 1 unspecified atom stereocenters. The molecule has 1 fully saturated rings. The first-order valence-electron chi connectivity index (χ1n) is 5.91. The van der Waals surface area contributed by atoms with Crippen molar-refractivity contribution in [3.8, 4) is 0 Å². The highest BCUT2D eigenvalue weighted by Gasteiger charge is 2.32. The van der Waals surface area contributed by atoms with Crippen LogP contribution in [0.1, 0.15) is 18.5 Å². The quantitative estimate of drug-likeness (QED) is 0.898. The van der Waals surface area contributed by atoms with Crippen molar-refractivity contribution >= 4 is 11.7 Å². The maximum Gasteiger partial charge on any atom is 0.433 e. The molecule has 1 atom stereocenters. The van der Waals surface area contributed by atoms with Gasteiger partial charge in [0.1, 0.15) is 11.5 Å². The molecule has 0 bridgehead atoms. The smallest absolute Gasteiger partial charge is 0.366 e. The average molecular weight is 273 g/mol. The number of nitrogens with one attached hydrogen (secondary N) is 1. The molecule has 0 aliphatic carbocycles. The van der Waals surface area contributed by atoms with Crippen LogP contribution in [0.4, 0.5) is 19.0 Å². The summed E-state index contributed by atoms with van der Waals surface area (Å²) in [6.45, 7) is 0.469. The maximum absolute atomic E-state index is 12.5. The summed E-state index contributed by atoms with van der Waals surface area (Å²) in [7, 11) is 1.68. The van der Waals surface area contributed by atoms with Gasteiger partial charge in [-0.05, 0) is 18.6 Å². The van der Waals surface area contributed by atoms with Crippen molar-refractivity contribution in [3.63, 3.8) is 0 Å². The summed E-state index contributed by atoms with van der Waals surface area (Å²) >= 11 is 0. The highest BCUT2D eigenvalue weighted by Crippen LogP contribution is 2.28. The molecule has 1 aromatic rings. The Labute approximate surface area is 108 Å².